The minimum absolute atomic E-state index is 0. The van der Waals surface area contributed by atoms with Crippen LogP contribution in [-0.4, -0.2) is 49.0 Å². The highest BCUT2D eigenvalue weighted by Crippen LogP contribution is 2.14. The molecular weight excluding hydrogens is 378 g/mol. The van der Waals surface area contributed by atoms with Crippen molar-refractivity contribution in [3.63, 3.8) is 0 Å². The van der Waals surface area contributed by atoms with Crippen LogP contribution in [0.3, 0.4) is 0 Å². The molecule has 0 heterocycles. The predicted octanol–water partition coefficient (Wildman–Crippen LogP) is 3.09. The molecule has 0 radical (unpaired) electrons. The number of hydrogen-bond donors (Lipinski definition) is 2. The molecule has 0 aliphatic carbocycles. The number of nitrogens with zero attached hydrogens (tertiary/aromatic N) is 1. The average Bonchev–Trinajstić information content (AvgIpc) is 2.63. The van der Waals surface area contributed by atoms with Gasteiger partial charge in [-0.15, -0.1) is 12.4 Å². The largest absolute Gasteiger partial charge is 0.494 e. The van der Waals surface area contributed by atoms with Gasteiger partial charge in [-0.3, -0.25) is 9.59 Å². The molecule has 160 valence electrons. The molecule has 0 saturated carbocycles. The van der Waals surface area contributed by atoms with Gasteiger partial charge in [0.25, 0.3) is 5.91 Å². The first-order chi connectivity index (χ1) is 12.7. The minimum Gasteiger partial charge on any atom is -0.494 e. The molecule has 0 aromatic heterocycles. The maximum Gasteiger partial charge on any atom is 0.251 e. The van der Waals surface area contributed by atoms with Crippen molar-refractivity contribution in [1.82, 2.24) is 10.2 Å². The molecular formula is C21H36ClN3O3. The summed E-state index contributed by atoms with van der Waals surface area (Å²) in [7, 11) is 1.76. The van der Waals surface area contributed by atoms with E-state index in [1.54, 1.807) is 36.2 Å². The Kier molecular flexibility index (Phi) is 11.8. The van der Waals surface area contributed by atoms with E-state index >= 15 is 0 Å². The number of hydrogen-bond acceptors (Lipinski definition) is 4. The second kappa shape index (κ2) is 12.6. The van der Waals surface area contributed by atoms with Gasteiger partial charge < -0.3 is 20.7 Å². The van der Waals surface area contributed by atoms with Crippen LogP contribution in [0.2, 0.25) is 0 Å². The van der Waals surface area contributed by atoms with Gasteiger partial charge in [0, 0.05) is 25.2 Å². The van der Waals surface area contributed by atoms with Crippen LogP contribution in [0.4, 0.5) is 0 Å². The monoisotopic (exact) mass is 413 g/mol. The van der Waals surface area contributed by atoms with E-state index < -0.39 is 6.04 Å². The highest BCUT2D eigenvalue weighted by Gasteiger charge is 2.27. The van der Waals surface area contributed by atoms with E-state index in [0.29, 0.717) is 30.4 Å². The highest BCUT2D eigenvalue weighted by molar-refractivity contribution is 5.97. The molecule has 6 nitrogen and oxygen atoms in total. The lowest BCUT2D eigenvalue weighted by Gasteiger charge is -2.28. The summed E-state index contributed by atoms with van der Waals surface area (Å²) in [6.45, 7) is 11.0. The fourth-order valence-electron chi connectivity index (χ4n) is 2.63. The first-order valence-electron chi connectivity index (χ1n) is 9.71. The molecule has 0 spiro atoms. The van der Waals surface area contributed by atoms with Crippen molar-refractivity contribution < 1.29 is 14.3 Å². The van der Waals surface area contributed by atoms with Gasteiger partial charge in [-0.2, -0.15) is 0 Å². The van der Waals surface area contributed by atoms with Crippen molar-refractivity contribution in [1.29, 1.82) is 0 Å². The number of rotatable bonds is 10. The SMILES string of the molecule is CCOc1ccc(C(=O)NC(C(=O)N(C)CCC(N)C(C)C)C(C)C)cc1.Cl. The predicted molar refractivity (Wildman–Crippen MR) is 116 cm³/mol. The summed E-state index contributed by atoms with van der Waals surface area (Å²) in [5.41, 5.74) is 6.57. The number of ether oxygens (including phenoxy) is 1. The third-order valence-corrected chi connectivity index (χ3v) is 4.68. The topological polar surface area (TPSA) is 84.7 Å². The van der Waals surface area contributed by atoms with E-state index in [1.807, 2.05) is 20.8 Å². The van der Waals surface area contributed by atoms with Crippen LogP contribution >= 0.6 is 12.4 Å². The lowest BCUT2D eigenvalue weighted by atomic mass is 10.00. The fourth-order valence-corrected chi connectivity index (χ4v) is 2.63. The summed E-state index contributed by atoms with van der Waals surface area (Å²) in [5, 5.41) is 2.87. The van der Waals surface area contributed by atoms with Crippen molar-refractivity contribution in [2.45, 2.75) is 53.1 Å². The molecule has 28 heavy (non-hydrogen) atoms. The molecule has 1 rings (SSSR count). The van der Waals surface area contributed by atoms with Crippen molar-refractivity contribution in [2.24, 2.45) is 17.6 Å². The summed E-state index contributed by atoms with van der Waals surface area (Å²) >= 11 is 0. The van der Waals surface area contributed by atoms with Crippen LogP contribution in [-0.2, 0) is 4.79 Å². The Morgan fingerprint density at radius 1 is 1.11 bits per heavy atom. The Balaban J connectivity index is 0.00000729. The number of amides is 2. The minimum atomic E-state index is -0.579. The standard InChI is InChI=1S/C21H35N3O3.ClH/c1-7-27-17-10-8-16(9-11-17)20(25)23-19(15(4)5)21(26)24(6)13-12-18(22)14(2)3;/h8-11,14-15,18-19H,7,12-13,22H2,1-6H3,(H,23,25);1H. The number of nitrogens with two attached hydrogens (primary N) is 1. The van der Waals surface area contributed by atoms with Gasteiger partial charge >= 0.3 is 0 Å². The fraction of sp³-hybridized carbons (Fsp3) is 0.619. The van der Waals surface area contributed by atoms with Crippen molar-refractivity contribution in [2.75, 3.05) is 20.2 Å². The number of likely N-dealkylation sites (N-methyl/N-ethyl adjacent to an activating group) is 1. The van der Waals surface area contributed by atoms with Crippen molar-refractivity contribution in [3.8, 4) is 5.75 Å². The van der Waals surface area contributed by atoms with Crippen LogP contribution < -0.4 is 15.8 Å². The molecule has 0 saturated heterocycles. The summed E-state index contributed by atoms with van der Waals surface area (Å²) in [6.07, 6.45) is 0.734. The zero-order chi connectivity index (χ0) is 20.6. The first kappa shape index (κ1) is 26.2. The Morgan fingerprint density at radius 3 is 2.14 bits per heavy atom. The molecule has 2 atom stereocenters. The molecule has 3 N–H and O–H groups in total. The zero-order valence-electron chi connectivity index (χ0n) is 17.9. The Bertz CT molecular complexity index is 605. The van der Waals surface area contributed by atoms with Gasteiger partial charge in [0.15, 0.2) is 0 Å². The molecule has 7 heteroatoms. The molecule has 2 amide bonds. The molecule has 0 bridgehead atoms. The Morgan fingerprint density at radius 2 is 1.68 bits per heavy atom. The van der Waals surface area contributed by atoms with Crippen LogP contribution in [0.25, 0.3) is 0 Å². The van der Waals surface area contributed by atoms with E-state index in [-0.39, 0.29) is 36.2 Å². The van der Waals surface area contributed by atoms with Gasteiger partial charge in [-0.1, -0.05) is 27.7 Å². The summed E-state index contributed by atoms with van der Waals surface area (Å²) in [5.74, 6) is 0.698. The molecule has 2 unspecified atom stereocenters. The van der Waals surface area contributed by atoms with Gasteiger partial charge in [-0.25, -0.2) is 0 Å². The normalized spacial score (nSPS) is 12.9. The average molecular weight is 414 g/mol. The van der Waals surface area contributed by atoms with Gasteiger partial charge in [0.05, 0.1) is 6.61 Å². The van der Waals surface area contributed by atoms with Gasteiger partial charge in [0.1, 0.15) is 11.8 Å². The second-order valence-electron chi connectivity index (χ2n) is 7.61. The number of halogens is 1. The smallest absolute Gasteiger partial charge is 0.251 e. The molecule has 0 fully saturated rings. The third-order valence-electron chi connectivity index (χ3n) is 4.68. The number of benzene rings is 1. The van der Waals surface area contributed by atoms with Crippen LogP contribution in [0.1, 0.15) is 51.4 Å². The van der Waals surface area contributed by atoms with Gasteiger partial charge in [-0.05, 0) is 49.4 Å². The summed E-state index contributed by atoms with van der Waals surface area (Å²) in [6, 6.07) is 6.38. The number of carbonyl (C=O) groups is 2. The maximum atomic E-state index is 12.8. The van der Waals surface area contributed by atoms with E-state index in [2.05, 4.69) is 19.2 Å². The van der Waals surface area contributed by atoms with Gasteiger partial charge in [0.2, 0.25) is 5.91 Å². The van der Waals surface area contributed by atoms with Crippen molar-refractivity contribution in [3.05, 3.63) is 29.8 Å². The molecule has 0 aliphatic rings. The number of carbonyl (C=O) groups excluding carboxylic acids is 2. The van der Waals surface area contributed by atoms with E-state index in [0.717, 1.165) is 6.42 Å². The molecule has 0 aliphatic heterocycles. The first-order valence-corrected chi connectivity index (χ1v) is 9.71. The third kappa shape index (κ3) is 8.07. The maximum absolute atomic E-state index is 12.8. The summed E-state index contributed by atoms with van der Waals surface area (Å²) in [4.78, 5) is 27.1. The summed E-state index contributed by atoms with van der Waals surface area (Å²) < 4.78 is 5.39. The van der Waals surface area contributed by atoms with Crippen LogP contribution in [0, 0.1) is 11.8 Å². The van der Waals surface area contributed by atoms with Crippen LogP contribution in [0.15, 0.2) is 24.3 Å². The highest BCUT2D eigenvalue weighted by atomic mass is 35.5. The van der Waals surface area contributed by atoms with Crippen LogP contribution in [0.5, 0.6) is 5.75 Å². The Labute approximate surface area is 175 Å². The van der Waals surface area contributed by atoms with E-state index in [4.69, 9.17) is 10.5 Å². The van der Waals surface area contributed by atoms with Crippen molar-refractivity contribution >= 4 is 24.2 Å². The quantitative estimate of drug-likeness (QED) is 0.617. The molecule has 1 aromatic carbocycles. The zero-order valence-corrected chi connectivity index (χ0v) is 18.7. The molecule has 1 aromatic rings. The van der Waals surface area contributed by atoms with E-state index in [1.165, 1.54) is 0 Å². The number of nitrogens with one attached hydrogen (secondary N) is 1. The van der Waals surface area contributed by atoms with E-state index in [9.17, 15) is 9.59 Å². The lowest BCUT2D eigenvalue weighted by Crippen LogP contribution is -2.50. The second-order valence-corrected chi connectivity index (χ2v) is 7.61. The Hall–Kier alpha value is -1.79. The lowest BCUT2D eigenvalue weighted by molar-refractivity contribution is -0.133.